The zero-order valence-corrected chi connectivity index (χ0v) is 18.0. The van der Waals surface area contributed by atoms with E-state index in [9.17, 15) is 4.79 Å². The Balaban J connectivity index is 1.24. The molecule has 0 unspecified atom stereocenters. The second-order valence-electron chi connectivity index (χ2n) is 8.85. The molecular formula is C25H29N3O3. The molecular weight excluding hydrogens is 390 g/mol. The van der Waals surface area contributed by atoms with Gasteiger partial charge in [-0.25, -0.2) is 0 Å². The summed E-state index contributed by atoms with van der Waals surface area (Å²) in [6.45, 7) is 3.50. The molecule has 1 fully saturated rings. The van der Waals surface area contributed by atoms with E-state index in [1.807, 2.05) is 23.0 Å². The third-order valence-electron chi connectivity index (χ3n) is 6.64. The van der Waals surface area contributed by atoms with E-state index in [1.165, 1.54) is 11.1 Å². The van der Waals surface area contributed by atoms with Crippen molar-refractivity contribution in [1.82, 2.24) is 14.7 Å². The molecule has 6 heteroatoms. The van der Waals surface area contributed by atoms with E-state index in [2.05, 4.69) is 40.3 Å². The number of Topliss-reactive ketones (excluding diaryl/α,β-unsaturated/α-hetero) is 1. The fourth-order valence-electron chi connectivity index (χ4n) is 4.81. The topological polar surface area (TPSA) is 56.6 Å². The number of ketones is 1. The number of rotatable bonds is 5. The first-order valence-corrected chi connectivity index (χ1v) is 11.1. The molecule has 1 aliphatic carbocycles. The number of piperidine rings is 1. The van der Waals surface area contributed by atoms with Gasteiger partial charge in [0.1, 0.15) is 5.60 Å². The van der Waals surface area contributed by atoms with Crippen molar-refractivity contribution < 1.29 is 14.3 Å². The molecule has 6 nitrogen and oxygen atoms in total. The molecule has 31 heavy (non-hydrogen) atoms. The Bertz CT molecular complexity index is 1010. The van der Waals surface area contributed by atoms with Crippen molar-refractivity contribution in [3.63, 3.8) is 0 Å². The van der Waals surface area contributed by atoms with Crippen LogP contribution in [0, 0.1) is 0 Å². The van der Waals surface area contributed by atoms with Crippen LogP contribution in [-0.2, 0) is 17.8 Å². The van der Waals surface area contributed by atoms with Gasteiger partial charge < -0.3 is 9.47 Å². The standard InChI is InChI=1S/C25H29N3O3/c1-30-21-9-7-20(8-10-21)17-28-18-23-24(26-28)22(29)15-25(31-23)11-13-27(14-12-25)16-19-5-3-2-4-6-19/h2-7,9,18H,8,10-17H2,1H3. The number of benzene rings is 1. The highest BCUT2D eigenvalue weighted by molar-refractivity contribution is 5.98. The number of fused-ring (bicyclic) bond motifs is 1. The Hall–Kier alpha value is -2.86. The van der Waals surface area contributed by atoms with Crippen LogP contribution in [0.3, 0.4) is 0 Å². The highest BCUT2D eigenvalue weighted by Gasteiger charge is 2.44. The molecule has 1 aromatic heterocycles. The molecule has 5 rings (SSSR count). The number of aromatic nitrogens is 2. The van der Waals surface area contributed by atoms with Crippen LogP contribution in [0.2, 0.25) is 0 Å². The molecule has 1 aromatic carbocycles. The SMILES string of the molecule is COC1=CC=C(Cn2cc3c(n2)C(=O)CC2(CCN(Cc4ccccc4)CC2)O3)CC1. The van der Waals surface area contributed by atoms with E-state index < -0.39 is 0 Å². The number of ether oxygens (including phenoxy) is 2. The summed E-state index contributed by atoms with van der Waals surface area (Å²) in [6, 6.07) is 10.5. The summed E-state index contributed by atoms with van der Waals surface area (Å²) in [6.07, 6.45) is 10.0. The van der Waals surface area contributed by atoms with Crippen LogP contribution < -0.4 is 4.74 Å². The summed E-state index contributed by atoms with van der Waals surface area (Å²) in [4.78, 5) is 15.4. The maximum absolute atomic E-state index is 12.9. The van der Waals surface area contributed by atoms with Crippen molar-refractivity contribution in [2.24, 2.45) is 0 Å². The van der Waals surface area contributed by atoms with Crippen LogP contribution in [0.5, 0.6) is 5.75 Å². The normalized spacial score (nSPS) is 20.6. The van der Waals surface area contributed by atoms with Gasteiger partial charge in [-0.15, -0.1) is 0 Å². The third-order valence-corrected chi connectivity index (χ3v) is 6.64. The first kappa shape index (κ1) is 20.1. The van der Waals surface area contributed by atoms with Gasteiger partial charge in [0.05, 0.1) is 32.0 Å². The molecule has 0 N–H and O–H groups in total. The monoisotopic (exact) mass is 419 g/mol. The zero-order chi connectivity index (χ0) is 21.3. The van der Waals surface area contributed by atoms with Gasteiger partial charge in [-0.2, -0.15) is 5.10 Å². The largest absolute Gasteiger partial charge is 0.501 e. The molecule has 162 valence electrons. The second kappa shape index (κ2) is 8.35. The highest BCUT2D eigenvalue weighted by Crippen LogP contribution is 2.39. The Morgan fingerprint density at radius 1 is 1.10 bits per heavy atom. The minimum atomic E-state index is -0.384. The molecule has 1 spiro atoms. The van der Waals surface area contributed by atoms with Crippen molar-refractivity contribution in [2.45, 2.75) is 50.8 Å². The smallest absolute Gasteiger partial charge is 0.190 e. The zero-order valence-electron chi connectivity index (χ0n) is 18.0. The van der Waals surface area contributed by atoms with Gasteiger partial charge in [0.15, 0.2) is 17.2 Å². The highest BCUT2D eigenvalue weighted by atomic mass is 16.5. The lowest BCUT2D eigenvalue weighted by Crippen LogP contribution is -2.50. The van der Waals surface area contributed by atoms with Crippen LogP contribution in [0.1, 0.15) is 48.2 Å². The summed E-state index contributed by atoms with van der Waals surface area (Å²) in [5.41, 5.74) is 2.71. The van der Waals surface area contributed by atoms with Crippen LogP contribution in [-0.4, -0.2) is 46.3 Å². The van der Waals surface area contributed by atoms with Gasteiger partial charge in [0.25, 0.3) is 0 Å². The number of carbonyl (C=O) groups is 1. The number of hydrogen-bond donors (Lipinski definition) is 0. The molecule has 3 aliphatic rings. The Morgan fingerprint density at radius 2 is 1.90 bits per heavy atom. The molecule has 0 radical (unpaired) electrons. The number of hydrogen-bond acceptors (Lipinski definition) is 5. The second-order valence-corrected chi connectivity index (χ2v) is 8.85. The summed E-state index contributed by atoms with van der Waals surface area (Å²) >= 11 is 0. The first-order chi connectivity index (χ1) is 15.1. The van der Waals surface area contributed by atoms with Crippen molar-refractivity contribution in [1.29, 1.82) is 0 Å². The molecule has 0 saturated carbocycles. The third kappa shape index (κ3) is 4.30. The fraction of sp³-hybridized carbons (Fsp3) is 0.440. The Morgan fingerprint density at radius 3 is 2.61 bits per heavy atom. The summed E-state index contributed by atoms with van der Waals surface area (Å²) in [5, 5.41) is 4.55. The van der Waals surface area contributed by atoms with Gasteiger partial charge in [-0.05, 0) is 23.6 Å². The van der Waals surface area contributed by atoms with E-state index in [1.54, 1.807) is 7.11 Å². The van der Waals surface area contributed by atoms with Gasteiger partial charge in [0.2, 0.25) is 0 Å². The van der Waals surface area contributed by atoms with E-state index in [0.29, 0.717) is 24.4 Å². The van der Waals surface area contributed by atoms with E-state index >= 15 is 0 Å². The Labute approximate surface area is 183 Å². The molecule has 2 aromatic rings. The number of methoxy groups -OCH3 is 1. The lowest BCUT2D eigenvalue weighted by Gasteiger charge is -2.43. The fourth-order valence-corrected chi connectivity index (χ4v) is 4.81. The molecule has 0 bridgehead atoms. The van der Waals surface area contributed by atoms with Gasteiger partial charge >= 0.3 is 0 Å². The van der Waals surface area contributed by atoms with Gasteiger partial charge in [-0.3, -0.25) is 14.4 Å². The average Bonchev–Trinajstić information content (AvgIpc) is 3.19. The van der Waals surface area contributed by atoms with Crippen molar-refractivity contribution in [3.8, 4) is 5.75 Å². The van der Waals surface area contributed by atoms with Gasteiger partial charge in [0, 0.05) is 38.9 Å². The predicted octanol–water partition coefficient (Wildman–Crippen LogP) is 4.13. The van der Waals surface area contributed by atoms with Gasteiger partial charge in [-0.1, -0.05) is 36.4 Å². The molecule has 2 aliphatic heterocycles. The van der Waals surface area contributed by atoms with E-state index in [0.717, 1.165) is 51.1 Å². The quantitative estimate of drug-likeness (QED) is 0.729. The molecule has 0 atom stereocenters. The summed E-state index contributed by atoms with van der Waals surface area (Å²) < 4.78 is 13.6. The maximum Gasteiger partial charge on any atom is 0.190 e. The molecule has 3 heterocycles. The number of allylic oxidation sites excluding steroid dienone is 4. The summed E-state index contributed by atoms with van der Waals surface area (Å²) in [7, 11) is 1.71. The Kier molecular flexibility index (Phi) is 5.40. The number of likely N-dealkylation sites (tertiary alicyclic amines) is 1. The average molecular weight is 420 g/mol. The van der Waals surface area contributed by atoms with Crippen LogP contribution in [0.25, 0.3) is 0 Å². The van der Waals surface area contributed by atoms with Crippen molar-refractivity contribution >= 4 is 5.78 Å². The van der Waals surface area contributed by atoms with Crippen molar-refractivity contribution in [2.75, 3.05) is 20.2 Å². The van der Waals surface area contributed by atoms with Crippen LogP contribution in [0.15, 0.2) is 60.0 Å². The number of carbonyl (C=O) groups excluding carboxylic acids is 1. The van der Waals surface area contributed by atoms with Crippen molar-refractivity contribution in [3.05, 3.63) is 71.3 Å². The minimum absolute atomic E-state index is 0.107. The van der Waals surface area contributed by atoms with Crippen LogP contribution in [0.4, 0.5) is 0 Å². The lowest BCUT2D eigenvalue weighted by atomic mass is 9.83. The van der Waals surface area contributed by atoms with E-state index in [4.69, 9.17) is 9.47 Å². The van der Waals surface area contributed by atoms with Crippen LogP contribution >= 0.6 is 0 Å². The molecule has 0 amide bonds. The maximum atomic E-state index is 12.9. The first-order valence-electron chi connectivity index (χ1n) is 11.1. The predicted molar refractivity (Wildman–Crippen MR) is 118 cm³/mol. The van der Waals surface area contributed by atoms with E-state index in [-0.39, 0.29) is 11.4 Å². The lowest BCUT2D eigenvalue weighted by molar-refractivity contribution is -0.0108. The summed E-state index contributed by atoms with van der Waals surface area (Å²) in [5.74, 6) is 1.76. The number of nitrogens with zero attached hydrogens (tertiary/aromatic N) is 3. The minimum Gasteiger partial charge on any atom is -0.501 e. The molecule has 1 saturated heterocycles.